The lowest BCUT2D eigenvalue weighted by molar-refractivity contribution is -0.140. The first-order valence-electron chi connectivity index (χ1n) is 3.93. The summed E-state index contributed by atoms with van der Waals surface area (Å²) in [6.07, 6.45) is -0.861. The largest absolute Gasteiger partial charge is 0.434 e. The standard InChI is InChI=1S/C9H4F3N2S/c10-9(11,12)7-6(2-1-3-13-7)8-14-4-5-15-8/h1-3,5H. The van der Waals surface area contributed by atoms with E-state index in [9.17, 15) is 13.2 Å². The highest BCUT2D eigenvalue weighted by Crippen LogP contribution is 2.35. The maximum Gasteiger partial charge on any atom is 0.434 e. The van der Waals surface area contributed by atoms with Gasteiger partial charge < -0.3 is 0 Å². The van der Waals surface area contributed by atoms with Gasteiger partial charge in [-0.1, -0.05) is 0 Å². The highest BCUT2D eigenvalue weighted by atomic mass is 32.1. The van der Waals surface area contributed by atoms with Crippen molar-refractivity contribution >= 4 is 11.3 Å². The molecular formula is C9H4F3N2S. The fourth-order valence-electron chi connectivity index (χ4n) is 1.12. The first kappa shape index (κ1) is 10.1. The van der Waals surface area contributed by atoms with Crippen molar-refractivity contribution in [3.05, 3.63) is 35.6 Å². The van der Waals surface area contributed by atoms with Crippen molar-refractivity contribution in [2.45, 2.75) is 6.18 Å². The van der Waals surface area contributed by atoms with E-state index in [1.807, 2.05) is 0 Å². The van der Waals surface area contributed by atoms with Crippen LogP contribution in [0.5, 0.6) is 0 Å². The lowest BCUT2D eigenvalue weighted by Gasteiger charge is -2.08. The Morgan fingerprint density at radius 3 is 2.73 bits per heavy atom. The van der Waals surface area contributed by atoms with E-state index in [1.165, 1.54) is 17.5 Å². The van der Waals surface area contributed by atoms with E-state index in [4.69, 9.17) is 0 Å². The average molecular weight is 229 g/mol. The molecule has 0 aliphatic carbocycles. The second-order valence-corrected chi connectivity index (χ2v) is 3.54. The molecule has 2 aromatic rings. The van der Waals surface area contributed by atoms with Crippen LogP contribution >= 0.6 is 11.3 Å². The molecule has 6 heteroatoms. The Balaban J connectivity index is 2.58. The highest BCUT2D eigenvalue weighted by molar-refractivity contribution is 7.13. The van der Waals surface area contributed by atoms with E-state index in [1.54, 1.807) is 0 Å². The van der Waals surface area contributed by atoms with Gasteiger partial charge in [0.05, 0.1) is 0 Å². The van der Waals surface area contributed by atoms with Crippen molar-refractivity contribution in [3.63, 3.8) is 0 Å². The zero-order chi connectivity index (χ0) is 10.9. The molecule has 0 saturated heterocycles. The molecule has 0 atom stereocenters. The van der Waals surface area contributed by atoms with Crippen LogP contribution < -0.4 is 0 Å². The molecule has 0 saturated carbocycles. The molecule has 77 valence electrons. The van der Waals surface area contributed by atoms with Gasteiger partial charge in [-0.3, -0.25) is 4.98 Å². The van der Waals surface area contributed by atoms with Gasteiger partial charge in [0, 0.05) is 17.1 Å². The van der Waals surface area contributed by atoms with Crippen molar-refractivity contribution in [3.8, 4) is 10.6 Å². The molecule has 1 radical (unpaired) electrons. The fraction of sp³-hybridized carbons (Fsp3) is 0.111. The number of halogens is 3. The first-order valence-corrected chi connectivity index (χ1v) is 4.81. The van der Waals surface area contributed by atoms with Crippen molar-refractivity contribution in [2.24, 2.45) is 0 Å². The smallest absolute Gasteiger partial charge is 0.251 e. The third-order valence-electron chi connectivity index (χ3n) is 1.70. The van der Waals surface area contributed by atoms with Crippen LogP contribution in [0.2, 0.25) is 0 Å². The fourth-order valence-corrected chi connectivity index (χ4v) is 1.74. The van der Waals surface area contributed by atoms with Gasteiger partial charge in [-0.05, 0) is 12.1 Å². The van der Waals surface area contributed by atoms with E-state index in [-0.39, 0.29) is 10.6 Å². The van der Waals surface area contributed by atoms with Crippen LogP contribution in [0.25, 0.3) is 10.6 Å². The first-order chi connectivity index (χ1) is 7.09. The minimum absolute atomic E-state index is 0.00347. The second-order valence-electron chi connectivity index (χ2n) is 2.68. The Morgan fingerprint density at radius 1 is 1.33 bits per heavy atom. The molecule has 2 aromatic heterocycles. The Kier molecular flexibility index (Phi) is 2.44. The topological polar surface area (TPSA) is 25.8 Å². The lowest BCUT2D eigenvalue weighted by atomic mass is 10.2. The summed E-state index contributed by atoms with van der Waals surface area (Å²) < 4.78 is 37.6. The minimum atomic E-state index is -4.46. The van der Waals surface area contributed by atoms with Crippen molar-refractivity contribution in [1.29, 1.82) is 0 Å². The van der Waals surface area contributed by atoms with Gasteiger partial charge in [-0.15, -0.1) is 11.3 Å². The summed E-state index contributed by atoms with van der Waals surface area (Å²) in [7, 11) is 0. The molecule has 0 amide bonds. The number of alkyl halides is 3. The molecule has 15 heavy (non-hydrogen) atoms. The van der Waals surface area contributed by atoms with Crippen LogP contribution in [0, 0.1) is 6.20 Å². The molecule has 0 aliphatic heterocycles. The van der Waals surface area contributed by atoms with Crippen LogP contribution in [-0.2, 0) is 6.18 Å². The van der Waals surface area contributed by atoms with E-state index in [0.717, 1.165) is 17.5 Å². The van der Waals surface area contributed by atoms with Gasteiger partial charge >= 0.3 is 6.18 Å². The molecule has 0 aliphatic rings. The van der Waals surface area contributed by atoms with E-state index >= 15 is 0 Å². The summed E-state index contributed by atoms with van der Waals surface area (Å²) in [5.74, 6) is 0. The molecule has 0 aromatic carbocycles. The quantitative estimate of drug-likeness (QED) is 0.751. The summed E-state index contributed by atoms with van der Waals surface area (Å²) in [5, 5.41) is 1.78. The number of hydrogen-bond donors (Lipinski definition) is 0. The van der Waals surface area contributed by atoms with Gasteiger partial charge in [0.2, 0.25) is 0 Å². The summed E-state index contributed by atoms with van der Waals surface area (Å²) in [5.41, 5.74) is -0.912. The lowest BCUT2D eigenvalue weighted by Crippen LogP contribution is -2.09. The number of rotatable bonds is 1. The Morgan fingerprint density at radius 2 is 2.13 bits per heavy atom. The Bertz CT molecular complexity index is 451. The molecule has 0 unspecified atom stereocenters. The predicted octanol–water partition coefficient (Wildman–Crippen LogP) is 3.02. The minimum Gasteiger partial charge on any atom is -0.251 e. The Labute approximate surface area is 87.4 Å². The summed E-state index contributed by atoms with van der Waals surface area (Å²) in [4.78, 5) is 7.05. The molecule has 2 nitrogen and oxygen atoms in total. The van der Waals surface area contributed by atoms with E-state index in [2.05, 4.69) is 16.2 Å². The number of pyridine rings is 1. The summed E-state index contributed by atoms with van der Waals surface area (Å²) >= 11 is 1.10. The zero-order valence-corrected chi connectivity index (χ0v) is 8.06. The predicted molar refractivity (Wildman–Crippen MR) is 49.2 cm³/mol. The SMILES string of the molecule is FC(F)(F)c1ncccc1-c1n[c]cs1. The number of thiazole rings is 1. The summed E-state index contributed by atoms with van der Waals surface area (Å²) in [6, 6.07) is 2.80. The highest BCUT2D eigenvalue weighted by Gasteiger charge is 2.35. The molecule has 2 rings (SSSR count). The van der Waals surface area contributed by atoms with E-state index < -0.39 is 11.9 Å². The normalized spacial score (nSPS) is 11.7. The van der Waals surface area contributed by atoms with Crippen LogP contribution in [0.1, 0.15) is 5.69 Å². The molecular weight excluding hydrogens is 225 g/mol. The van der Waals surface area contributed by atoms with Crippen LogP contribution in [0.4, 0.5) is 13.2 Å². The molecule has 0 spiro atoms. The van der Waals surface area contributed by atoms with Crippen molar-refractivity contribution < 1.29 is 13.2 Å². The maximum absolute atomic E-state index is 12.5. The second kappa shape index (κ2) is 3.62. The zero-order valence-electron chi connectivity index (χ0n) is 7.25. The van der Waals surface area contributed by atoms with Gasteiger partial charge in [0.1, 0.15) is 11.2 Å². The molecule has 0 N–H and O–H groups in total. The third kappa shape index (κ3) is 1.99. The molecule has 0 bridgehead atoms. The van der Waals surface area contributed by atoms with Gasteiger partial charge in [0.25, 0.3) is 0 Å². The van der Waals surface area contributed by atoms with Crippen molar-refractivity contribution in [2.75, 3.05) is 0 Å². The monoisotopic (exact) mass is 229 g/mol. The summed E-state index contributed by atoms with van der Waals surface area (Å²) in [6.45, 7) is 0. The van der Waals surface area contributed by atoms with Crippen LogP contribution in [0.15, 0.2) is 23.7 Å². The van der Waals surface area contributed by atoms with E-state index in [0.29, 0.717) is 0 Å². The molecule has 2 heterocycles. The van der Waals surface area contributed by atoms with Crippen LogP contribution in [0.3, 0.4) is 0 Å². The number of nitrogens with zero attached hydrogens (tertiary/aromatic N) is 2. The molecule has 0 fully saturated rings. The number of aromatic nitrogens is 2. The number of hydrogen-bond acceptors (Lipinski definition) is 3. The Hall–Kier alpha value is -1.43. The van der Waals surface area contributed by atoms with Gasteiger partial charge in [-0.25, -0.2) is 4.98 Å². The van der Waals surface area contributed by atoms with Crippen LogP contribution in [-0.4, -0.2) is 9.97 Å². The maximum atomic E-state index is 12.5. The van der Waals surface area contributed by atoms with Gasteiger partial charge in [0.15, 0.2) is 5.69 Å². The average Bonchev–Trinajstić information content (AvgIpc) is 2.69. The van der Waals surface area contributed by atoms with Crippen molar-refractivity contribution in [1.82, 2.24) is 9.97 Å². The van der Waals surface area contributed by atoms with Gasteiger partial charge in [-0.2, -0.15) is 13.2 Å². The third-order valence-corrected chi connectivity index (χ3v) is 2.45.